The van der Waals surface area contributed by atoms with Gasteiger partial charge < -0.3 is 16.4 Å². The van der Waals surface area contributed by atoms with Crippen LogP contribution in [0.1, 0.15) is 40.0 Å². The molecule has 0 saturated heterocycles. The van der Waals surface area contributed by atoms with Crippen molar-refractivity contribution in [3.8, 4) is 0 Å². The zero-order valence-electron chi connectivity index (χ0n) is 14.4. The number of amides is 2. The largest absolute Gasteiger partial charge is 0.352 e. The minimum absolute atomic E-state index is 0. The summed E-state index contributed by atoms with van der Waals surface area (Å²) in [7, 11) is 0. The molecule has 0 aliphatic carbocycles. The Hall–Kier alpha value is -2.37. The second-order valence-corrected chi connectivity index (χ2v) is 5.66. The molecule has 134 valence electrons. The van der Waals surface area contributed by atoms with Crippen LogP contribution in [0.4, 0.5) is 0 Å². The molecular weight excluding hydrogens is 338 g/mol. The first-order chi connectivity index (χ1) is 11.5. The molecular formula is C19H24ClN3O2. The molecule has 0 aromatic heterocycles. The molecule has 0 heterocycles. The Morgan fingerprint density at radius 3 is 2.16 bits per heavy atom. The normalized spacial score (nSPS) is 11.2. The number of hydrogen-bond donors (Lipinski definition) is 3. The third kappa shape index (κ3) is 5.89. The summed E-state index contributed by atoms with van der Waals surface area (Å²) >= 11 is 0. The lowest BCUT2D eigenvalue weighted by Gasteiger charge is -2.13. The van der Waals surface area contributed by atoms with Crippen molar-refractivity contribution in [3.63, 3.8) is 0 Å². The molecule has 5 nitrogen and oxygen atoms in total. The van der Waals surface area contributed by atoms with Gasteiger partial charge in [-0.25, -0.2) is 0 Å². The monoisotopic (exact) mass is 361 g/mol. The van der Waals surface area contributed by atoms with Gasteiger partial charge in [0, 0.05) is 18.7 Å². The van der Waals surface area contributed by atoms with Crippen molar-refractivity contribution in [1.82, 2.24) is 10.6 Å². The topological polar surface area (TPSA) is 84.2 Å². The van der Waals surface area contributed by atoms with E-state index >= 15 is 0 Å². The number of aryl methyl sites for hydroxylation is 1. The van der Waals surface area contributed by atoms with E-state index in [1.54, 1.807) is 12.1 Å². The average molecular weight is 362 g/mol. The molecule has 0 spiro atoms. The molecule has 0 fully saturated rings. The molecule has 0 bridgehead atoms. The maximum absolute atomic E-state index is 12.2. The van der Waals surface area contributed by atoms with Gasteiger partial charge in [0.2, 0.25) is 5.91 Å². The van der Waals surface area contributed by atoms with E-state index in [1.807, 2.05) is 50.2 Å². The van der Waals surface area contributed by atoms with Crippen LogP contribution < -0.4 is 16.4 Å². The number of nitrogens with two attached hydrogens (primary N) is 1. The Bertz CT molecular complexity index is 700. The lowest BCUT2D eigenvalue weighted by molar-refractivity contribution is -0.122. The first-order valence-corrected chi connectivity index (χ1v) is 7.98. The third-order valence-corrected chi connectivity index (χ3v) is 3.74. The summed E-state index contributed by atoms with van der Waals surface area (Å²) in [6, 6.07) is 14.0. The molecule has 0 aliphatic rings. The molecule has 1 unspecified atom stereocenters. The fourth-order valence-corrected chi connectivity index (χ4v) is 2.26. The van der Waals surface area contributed by atoms with Crippen LogP contribution in [-0.2, 0) is 11.3 Å². The van der Waals surface area contributed by atoms with Crippen molar-refractivity contribution in [2.24, 2.45) is 5.73 Å². The van der Waals surface area contributed by atoms with E-state index in [0.717, 1.165) is 16.7 Å². The van der Waals surface area contributed by atoms with Crippen LogP contribution in [-0.4, -0.2) is 18.4 Å². The molecule has 2 aromatic carbocycles. The number of halogens is 1. The standard InChI is InChI=1S/C19H23N3O2.ClH/c1-3-21-18(23)16-10-6-14(7-11-16)12-22-19(24)17(20)15-8-4-13(2)5-9-15;/h4-11,17H,3,12,20H2,1-2H3,(H,21,23)(H,22,24);1H. The van der Waals surface area contributed by atoms with Crippen LogP contribution in [0.3, 0.4) is 0 Å². The van der Waals surface area contributed by atoms with Crippen molar-refractivity contribution in [1.29, 1.82) is 0 Å². The van der Waals surface area contributed by atoms with E-state index in [2.05, 4.69) is 10.6 Å². The van der Waals surface area contributed by atoms with Gasteiger partial charge >= 0.3 is 0 Å². The molecule has 2 aromatic rings. The van der Waals surface area contributed by atoms with E-state index in [1.165, 1.54) is 0 Å². The Labute approximate surface area is 154 Å². The van der Waals surface area contributed by atoms with Crippen molar-refractivity contribution in [2.45, 2.75) is 26.4 Å². The molecule has 0 radical (unpaired) electrons. The Morgan fingerprint density at radius 1 is 1.00 bits per heavy atom. The maximum atomic E-state index is 12.2. The second kappa shape index (κ2) is 9.81. The highest BCUT2D eigenvalue weighted by Crippen LogP contribution is 2.12. The van der Waals surface area contributed by atoms with Gasteiger partial charge in [-0.1, -0.05) is 42.0 Å². The van der Waals surface area contributed by atoms with Gasteiger partial charge in [0.1, 0.15) is 6.04 Å². The molecule has 0 aliphatic heterocycles. The van der Waals surface area contributed by atoms with E-state index in [-0.39, 0.29) is 24.2 Å². The van der Waals surface area contributed by atoms with Crippen LogP contribution in [0.15, 0.2) is 48.5 Å². The first kappa shape index (κ1) is 20.7. The van der Waals surface area contributed by atoms with Gasteiger partial charge in [0.15, 0.2) is 0 Å². The van der Waals surface area contributed by atoms with Gasteiger partial charge in [0.25, 0.3) is 5.91 Å². The van der Waals surface area contributed by atoms with Gasteiger partial charge in [0.05, 0.1) is 0 Å². The Kier molecular flexibility index (Phi) is 8.11. The van der Waals surface area contributed by atoms with Crippen LogP contribution in [0, 0.1) is 6.92 Å². The number of rotatable bonds is 6. The fraction of sp³-hybridized carbons (Fsp3) is 0.263. The second-order valence-electron chi connectivity index (χ2n) is 5.66. The summed E-state index contributed by atoms with van der Waals surface area (Å²) in [5.41, 5.74) is 9.40. The van der Waals surface area contributed by atoms with Crippen LogP contribution >= 0.6 is 12.4 Å². The van der Waals surface area contributed by atoms with Gasteiger partial charge in [-0.05, 0) is 37.1 Å². The van der Waals surface area contributed by atoms with Gasteiger partial charge in [-0.15, -0.1) is 12.4 Å². The maximum Gasteiger partial charge on any atom is 0.251 e. The minimum Gasteiger partial charge on any atom is -0.352 e. The number of carbonyl (C=O) groups is 2. The van der Waals surface area contributed by atoms with Crippen molar-refractivity contribution in [2.75, 3.05) is 6.54 Å². The summed E-state index contributed by atoms with van der Waals surface area (Å²) in [5.74, 6) is -0.332. The zero-order chi connectivity index (χ0) is 17.5. The summed E-state index contributed by atoms with van der Waals surface area (Å²) < 4.78 is 0. The van der Waals surface area contributed by atoms with Crippen molar-refractivity contribution in [3.05, 3.63) is 70.8 Å². The van der Waals surface area contributed by atoms with E-state index in [4.69, 9.17) is 5.73 Å². The predicted molar refractivity (Wildman–Crippen MR) is 102 cm³/mol. The van der Waals surface area contributed by atoms with Crippen LogP contribution in [0.5, 0.6) is 0 Å². The third-order valence-electron chi connectivity index (χ3n) is 3.74. The molecule has 25 heavy (non-hydrogen) atoms. The van der Waals surface area contributed by atoms with E-state index in [9.17, 15) is 9.59 Å². The van der Waals surface area contributed by atoms with E-state index in [0.29, 0.717) is 18.7 Å². The quantitative estimate of drug-likeness (QED) is 0.739. The Morgan fingerprint density at radius 2 is 1.60 bits per heavy atom. The molecule has 2 amide bonds. The lowest BCUT2D eigenvalue weighted by Crippen LogP contribution is -2.33. The summed E-state index contributed by atoms with van der Waals surface area (Å²) in [4.78, 5) is 23.9. The molecule has 4 N–H and O–H groups in total. The summed E-state index contributed by atoms with van der Waals surface area (Å²) in [6.07, 6.45) is 0. The highest BCUT2D eigenvalue weighted by atomic mass is 35.5. The highest BCUT2D eigenvalue weighted by molar-refractivity contribution is 5.94. The first-order valence-electron chi connectivity index (χ1n) is 7.98. The lowest BCUT2D eigenvalue weighted by atomic mass is 10.1. The zero-order valence-corrected chi connectivity index (χ0v) is 15.2. The fourth-order valence-electron chi connectivity index (χ4n) is 2.26. The molecule has 1 atom stereocenters. The summed E-state index contributed by atoms with van der Waals surface area (Å²) in [5, 5.41) is 5.56. The smallest absolute Gasteiger partial charge is 0.251 e. The van der Waals surface area contributed by atoms with Gasteiger partial charge in [-0.2, -0.15) is 0 Å². The molecule has 0 saturated carbocycles. The van der Waals surface area contributed by atoms with Gasteiger partial charge in [-0.3, -0.25) is 9.59 Å². The molecule has 6 heteroatoms. The minimum atomic E-state index is -0.694. The predicted octanol–water partition coefficient (Wildman–Crippen LogP) is 2.48. The van der Waals surface area contributed by atoms with Crippen molar-refractivity contribution < 1.29 is 9.59 Å². The molecule has 2 rings (SSSR count). The summed E-state index contributed by atoms with van der Waals surface area (Å²) in [6.45, 7) is 4.82. The average Bonchev–Trinajstić information content (AvgIpc) is 2.60. The van der Waals surface area contributed by atoms with Crippen LogP contribution in [0.25, 0.3) is 0 Å². The Balaban J connectivity index is 0.00000312. The number of carbonyl (C=O) groups excluding carboxylic acids is 2. The van der Waals surface area contributed by atoms with Crippen LogP contribution in [0.2, 0.25) is 0 Å². The number of hydrogen-bond acceptors (Lipinski definition) is 3. The number of nitrogens with one attached hydrogen (secondary N) is 2. The SMILES string of the molecule is CCNC(=O)c1ccc(CNC(=O)C(N)c2ccc(C)cc2)cc1.Cl. The van der Waals surface area contributed by atoms with E-state index < -0.39 is 6.04 Å². The number of benzene rings is 2. The highest BCUT2D eigenvalue weighted by Gasteiger charge is 2.15. The van der Waals surface area contributed by atoms with Crippen molar-refractivity contribution >= 4 is 24.2 Å².